The summed E-state index contributed by atoms with van der Waals surface area (Å²) in [6, 6.07) is 8.59. The highest BCUT2D eigenvalue weighted by atomic mass is 35.5. The molecule has 2 aromatic carbocycles. The number of carbonyl (C=O) groups excluding carboxylic acids is 1. The van der Waals surface area contributed by atoms with Crippen molar-refractivity contribution in [2.75, 3.05) is 5.32 Å². The van der Waals surface area contributed by atoms with E-state index in [1.807, 2.05) is 0 Å². The number of benzene rings is 2. The third kappa shape index (κ3) is 3.62. The van der Waals surface area contributed by atoms with E-state index in [0.29, 0.717) is 21.3 Å². The van der Waals surface area contributed by atoms with Crippen molar-refractivity contribution in [3.8, 4) is 0 Å². The van der Waals surface area contributed by atoms with E-state index >= 15 is 0 Å². The molecule has 0 saturated carbocycles. The molecule has 0 aliphatic carbocycles. The van der Waals surface area contributed by atoms with Gasteiger partial charge < -0.3 is 5.32 Å². The summed E-state index contributed by atoms with van der Waals surface area (Å²) in [4.78, 5) is 12.1. The topological polar surface area (TPSA) is 29.1 Å². The maximum Gasteiger partial charge on any atom is 0.255 e. The molecule has 0 aliphatic rings. The Balaban J connectivity index is 2.22. The van der Waals surface area contributed by atoms with Crippen molar-refractivity contribution >= 4 is 47.4 Å². The molecule has 0 unspecified atom stereocenters. The Morgan fingerprint density at radius 2 is 1.74 bits per heavy atom. The van der Waals surface area contributed by atoms with Gasteiger partial charge in [-0.25, -0.2) is 4.39 Å². The average molecular weight is 316 g/mol. The third-order valence-corrected chi connectivity index (χ3v) is 3.11. The Labute approximate surface area is 124 Å². The fourth-order valence-electron chi connectivity index (χ4n) is 1.48. The number of hydrogen-bond donors (Lipinski definition) is 2. The Bertz CT molecular complexity index is 628. The van der Waals surface area contributed by atoms with Crippen LogP contribution in [0, 0.1) is 5.82 Å². The lowest BCUT2D eigenvalue weighted by atomic mass is 10.2. The third-order valence-electron chi connectivity index (χ3n) is 2.33. The average Bonchev–Trinajstić information content (AvgIpc) is 2.31. The number of thiol groups is 1. The molecule has 0 aromatic heterocycles. The molecule has 6 heteroatoms. The lowest BCUT2D eigenvalue weighted by Crippen LogP contribution is -2.12. The highest BCUT2D eigenvalue weighted by Gasteiger charge is 2.09. The molecule has 0 fully saturated rings. The first-order chi connectivity index (χ1) is 8.95. The summed E-state index contributed by atoms with van der Waals surface area (Å²) in [6.45, 7) is 0. The van der Waals surface area contributed by atoms with E-state index in [9.17, 15) is 9.18 Å². The number of anilines is 1. The van der Waals surface area contributed by atoms with Crippen molar-refractivity contribution in [3.63, 3.8) is 0 Å². The summed E-state index contributed by atoms with van der Waals surface area (Å²) >= 11 is 15.6. The summed E-state index contributed by atoms with van der Waals surface area (Å²) in [6.07, 6.45) is 0. The fourth-order valence-corrected chi connectivity index (χ4v) is 2.22. The molecule has 0 spiro atoms. The summed E-state index contributed by atoms with van der Waals surface area (Å²) in [5, 5.41) is 3.45. The van der Waals surface area contributed by atoms with Crippen LogP contribution in [0.3, 0.4) is 0 Å². The lowest BCUT2D eigenvalue weighted by Gasteiger charge is -2.07. The van der Waals surface area contributed by atoms with E-state index < -0.39 is 11.7 Å². The van der Waals surface area contributed by atoms with Gasteiger partial charge in [-0.3, -0.25) is 4.79 Å². The lowest BCUT2D eigenvalue weighted by molar-refractivity contribution is 0.102. The van der Waals surface area contributed by atoms with Crippen LogP contribution in [-0.2, 0) is 0 Å². The molecule has 0 aliphatic heterocycles. The Kier molecular flexibility index (Phi) is 4.34. The first-order valence-corrected chi connectivity index (χ1v) is 6.42. The molecule has 0 bridgehead atoms. The van der Waals surface area contributed by atoms with Gasteiger partial charge in [0.15, 0.2) is 0 Å². The Morgan fingerprint density at radius 1 is 1.11 bits per heavy atom. The Hall–Kier alpha value is -1.23. The van der Waals surface area contributed by atoms with Crippen LogP contribution in [0.2, 0.25) is 10.0 Å². The van der Waals surface area contributed by atoms with E-state index in [2.05, 4.69) is 17.9 Å². The summed E-state index contributed by atoms with van der Waals surface area (Å²) in [5.74, 6) is -0.876. The largest absolute Gasteiger partial charge is 0.322 e. The van der Waals surface area contributed by atoms with E-state index in [1.165, 1.54) is 18.2 Å². The number of rotatable bonds is 2. The van der Waals surface area contributed by atoms with Gasteiger partial charge in [-0.05, 0) is 36.4 Å². The fraction of sp³-hybridized carbons (Fsp3) is 0. The minimum Gasteiger partial charge on any atom is -0.322 e. The molecule has 0 radical (unpaired) electrons. The van der Waals surface area contributed by atoms with Crippen LogP contribution < -0.4 is 5.32 Å². The molecule has 2 nitrogen and oxygen atoms in total. The molecule has 0 saturated heterocycles. The number of amides is 1. The second kappa shape index (κ2) is 5.82. The van der Waals surface area contributed by atoms with E-state index in [0.717, 1.165) is 0 Å². The molecule has 19 heavy (non-hydrogen) atoms. The van der Waals surface area contributed by atoms with Crippen molar-refractivity contribution in [1.29, 1.82) is 0 Å². The van der Waals surface area contributed by atoms with Crippen LogP contribution >= 0.6 is 35.8 Å². The molecular weight excluding hydrogens is 308 g/mol. The van der Waals surface area contributed by atoms with Gasteiger partial charge >= 0.3 is 0 Å². The zero-order chi connectivity index (χ0) is 14.0. The van der Waals surface area contributed by atoms with Crippen LogP contribution in [0.5, 0.6) is 0 Å². The van der Waals surface area contributed by atoms with Gasteiger partial charge in [0.05, 0.1) is 0 Å². The minimum absolute atomic E-state index is 0.108. The first kappa shape index (κ1) is 14.2. The minimum atomic E-state index is -0.481. The van der Waals surface area contributed by atoms with Crippen molar-refractivity contribution in [2.45, 2.75) is 4.90 Å². The van der Waals surface area contributed by atoms with Gasteiger partial charge in [-0.2, -0.15) is 0 Å². The summed E-state index contributed by atoms with van der Waals surface area (Å²) in [5.41, 5.74) is 0.759. The highest BCUT2D eigenvalue weighted by molar-refractivity contribution is 7.80. The van der Waals surface area contributed by atoms with Crippen molar-refractivity contribution in [3.05, 3.63) is 57.8 Å². The number of halogens is 3. The number of nitrogens with one attached hydrogen (secondary N) is 1. The van der Waals surface area contributed by atoms with Crippen LogP contribution in [0.4, 0.5) is 10.1 Å². The maximum atomic E-state index is 13.1. The molecule has 98 valence electrons. The predicted molar refractivity (Wildman–Crippen MR) is 78.1 cm³/mol. The number of hydrogen-bond acceptors (Lipinski definition) is 2. The van der Waals surface area contributed by atoms with Gasteiger partial charge in [0.1, 0.15) is 5.82 Å². The van der Waals surface area contributed by atoms with Crippen molar-refractivity contribution in [2.24, 2.45) is 0 Å². The maximum absolute atomic E-state index is 13.1. The zero-order valence-corrected chi connectivity index (χ0v) is 11.9. The smallest absolute Gasteiger partial charge is 0.255 e. The zero-order valence-electron chi connectivity index (χ0n) is 9.45. The molecule has 0 atom stereocenters. The SMILES string of the molecule is O=C(Nc1cc(Cl)cc(Cl)c1)c1ccc(F)c(S)c1. The highest BCUT2D eigenvalue weighted by Crippen LogP contribution is 2.23. The standard InChI is InChI=1S/C13H8Cl2FNOS/c14-8-4-9(15)6-10(5-8)17-13(18)7-1-2-11(16)12(19)3-7/h1-6,19H,(H,17,18). The molecule has 2 rings (SSSR count). The van der Waals surface area contributed by atoms with Crippen LogP contribution in [0.15, 0.2) is 41.3 Å². The summed E-state index contributed by atoms with van der Waals surface area (Å²) in [7, 11) is 0. The van der Waals surface area contributed by atoms with Crippen LogP contribution in [0.1, 0.15) is 10.4 Å². The quantitative estimate of drug-likeness (QED) is 0.774. The predicted octanol–water partition coefficient (Wildman–Crippen LogP) is 4.67. The van der Waals surface area contributed by atoms with Crippen molar-refractivity contribution < 1.29 is 9.18 Å². The molecule has 0 heterocycles. The van der Waals surface area contributed by atoms with Gasteiger partial charge in [-0.1, -0.05) is 23.2 Å². The van der Waals surface area contributed by atoms with E-state index in [-0.39, 0.29) is 4.90 Å². The first-order valence-electron chi connectivity index (χ1n) is 5.21. The second-order valence-electron chi connectivity index (χ2n) is 3.78. The van der Waals surface area contributed by atoms with E-state index in [1.54, 1.807) is 18.2 Å². The second-order valence-corrected chi connectivity index (χ2v) is 5.13. The van der Waals surface area contributed by atoms with E-state index in [4.69, 9.17) is 23.2 Å². The monoisotopic (exact) mass is 315 g/mol. The number of carbonyl (C=O) groups is 1. The normalized spacial score (nSPS) is 10.3. The van der Waals surface area contributed by atoms with Gasteiger partial charge in [0.2, 0.25) is 0 Å². The van der Waals surface area contributed by atoms with Crippen LogP contribution in [0.25, 0.3) is 0 Å². The van der Waals surface area contributed by atoms with Gasteiger partial charge in [0.25, 0.3) is 5.91 Å². The van der Waals surface area contributed by atoms with Crippen molar-refractivity contribution in [1.82, 2.24) is 0 Å². The Morgan fingerprint density at radius 3 is 2.32 bits per heavy atom. The van der Waals surface area contributed by atoms with Gasteiger partial charge in [-0.15, -0.1) is 12.6 Å². The van der Waals surface area contributed by atoms with Gasteiger partial charge in [0, 0.05) is 26.2 Å². The molecular formula is C13H8Cl2FNOS. The summed E-state index contributed by atoms with van der Waals surface area (Å²) < 4.78 is 13.1. The molecule has 1 amide bonds. The molecule has 1 N–H and O–H groups in total. The molecule has 2 aromatic rings. The van der Waals surface area contributed by atoms with Crippen LogP contribution in [-0.4, -0.2) is 5.91 Å².